The van der Waals surface area contributed by atoms with E-state index in [9.17, 15) is 5.11 Å². The molecule has 0 amide bonds. The molecule has 0 radical (unpaired) electrons. The van der Waals surface area contributed by atoms with Crippen LogP contribution in [0.3, 0.4) is 0 Å². The van der Waals surface area contributed by atoms with Gasteiger partial charge in [-0.3, -0.25) is 0 Å². The van der Waals surface area contributed by atoms with Crippen molar-refractivity contribution in [3.8, 4) is 0 Å². The average Bonchev–Trinajstić information content (AvgIpc) is 2.10. The van der Waals surface area contributed by atoms with E-state index < -0.39 is 25.6 Å². The molecular formula is C6HCl13O. The van der Waals surface area contributed by atoms with Gasteiger partial charge in [-0.15, -0.1) is 11.6 Å². The molecule has 0 aliphatic carbocycles. The average molecular weight is 550 g/mol. The molecule has 0 aromatic heterocycles. The Bertz CT molecular complexity index is 343. The molecule has 14 heteroatoms. The molecule has 0 heterocycles. The van der Waals surface area contributed by atoms with E-state index in [0.717, 1.165) is 0 Å². The number of aliphatic hydroxyl groups is 1. The summed E-state index contributed by atoms with van der Waals surface area (Å²) in [6, 6.07) is 0. The van der Waals surface area contributed by atoms with Crippen LogP contribution in [-0.4, -0.2) is 30.8 Å². The first-order chi connectivity index (χ1) is 8.25. The van der Waals surface area contributed by atoms with Crippen LogP contribution in [0.15, 0.2) is 0 Å². The first kappa shape index (κ1) is 23.7. The van der Waals surface area contributed by atoms with Crippen molar-refractivity contribution in [2.75, 3.05) is 0 Å². The van der Waals surface area contributed by atoms with Gasteiger partial charge in [-0.1, -0.05) is 139 Å². The highest BCUT2D eigenvalue weighted by Crippen LogP contribution is 2.69. The molecule has 0 spiro atoms. The summed E-state index contributed by atoms with van der Waals surface area (Å²) in [5.74, 6) is 0. The summed E-state index contributed by atoms with van der Waals surface area (Å²) in [6.07, 6.45) is 0. The normalized spacial score (nSPS) is 16.5. The third kappa shape index (κ3) is 3.93. The van der Waals surface area contributed by atoms with E-state index >= 15 is 0 Å². The lowest BCUT2D eigenvalue weighted by Gasteiger charge is -2.51. The van der Waals surface area contributed by atoms with E-state index in [1.165, 1.54) is 0 Å². The van der Waals surface area contributed by atoms with Crippen molar-refractivity contribution in [1.82, 2.24) is 0 Å². The fourth-order valence-corrected chi connectivity index (χ4v) is 5.48. The number of hydrogen-bond acceptors (Lipinski definition) is 1. The molecule has 0 unspecified atom stereocenters. The SMILES string of the molecule is OC(Cl)(Cl)C(Cl)(Cl)C(Cl)(Cl)C(Cl)(C(Cl)(Cl)Cl)C(Cl)(Cl)Cl. The molecule has 0 saturated heterocycles. The summed E-state index contributed by atoms with van der Waals surface area (Å²) < 4.78 is -13.9. The summed E-state index contributed by atoms with van der Waals surface area (Å²) >= 11 is 74.1. The van der Waals surface area contributed by atoms with Gasteiger partial charge in [0.2, 0.25) is 11.9 Å². The largest absolute Gasteiger partial charge is 0.360 e. The van der Waals surface area contributed by atoms with E-state index in [0.29, 0.717) is 0 Å². The molecule has 0 aliphatic rings. The van der Waals surface area contributed by atoms with Gasteiger partial charge in [0.15, 0.2) is 9.21 Å². The Morgan fingerprint density at radius 1 is 0.450 bits per heavy atom. The van der Waals surface area contributed by atoms with Gasteiger partial charge in [-0.2, -0.15) is 0 Å². The van der Waals surface area contributed by atoms with Crippen LogP contribution in [-0.2, 0) is 0 Å². The van der Waals surface area contributed by atoms with Crippen molar-refractivity contribution in [3.05, 3.63) is 0 Å². The molecule has 0 aliphatic heterocycles. The van der Waals surface area contributed by atoms with Crippen LogP contribution in [0, 0.1) is 0 Å². The predicted molar refractivity (Wildman–Crippen MR) is 94.7 cm³/mol. The maximum Gasteiger partial charge on any atom is 0.251 e. The van der Waals surface area contributed by atoms with Gasteiger partial charge in [0.1, 0.15) is 0 Å². The maximum absolute atomic E-state index is 9.56. The molecule has 0 rings (SSSR count). The van der Waals surface area contributed by atoms with Crippen LogP contribution in [0.5, 0.6) is 0 Å². The molecule has 0 aromatic rings. The Labute approximate surface area is 179 Å². The zero-order valence-corrected chi connectivity index (χ0v) is 18.2. The summed E-state index contributed by atoms with van der Waals surface area (Å²) in [4.78, 5) is -2.79. The van der Waals surface area contributed by atoms with Gasteiger partial charge in [0.25, 0.3) is 4.52 Å². The van der Waals surface area contributed by atoms with E-state index in [1.807, 2.05) is 0 Å². The summed E-state index contributed by atoms with van der Waals surface area (Å²) in [7, 11) is 0. The van der Waals surface area contributed by atoms with Gasteiger partial charge >= 0.3 is 0 Å². The molecule has 122 valence electrons. The highest BCUT2D eigenvalue weighted by Gasteiger charge is 2.79. The van der Waals surface area contributed by atoms with Crippen molar-refractivity contribution >= 4 is 151 Å². The van der Waals surface area contributed by atoms with Gasteiger partial charge in [0, 0.05) is 0 Å². The highest BCUT2D eigenvalue weighted by molar-refractivity contribution is 6.82. The Kier molecular flexibility index (Phi) is 8.07. The standard InChI is InChI=1S/C6HCl13O/c7-1(4(12,13)14,5(15,16)17)2(8,9)3(10,11)6(18,19)20/h20H. The van der Waals surface area contributed by atoms with Gasteiger partial charge in [-0.25, -0.2) is 0 Å². The fourth-order valence-electron chi connectivity index (χ4n) is 0.922. The Balaban J connectivity index is 6.38. The minimum atomic E-state index is -2.95. The van der Waals surface area contributed by atoms with E-state index in [1.54, 1.807) is 0 Å². The molecule has 1 N–H and O–H groups in total. The zero-order valence-electron chi connectivity index (χ0n) is 8.36. The quantitative estimate of drug-likeness (QED) is 0.370. The van der Waals surface area contributed by atoms with Gasteiger partial charge < -0.3 is 5.11 Å². The molecule has 0 saturated carbocycles. The van der Waals surface area contributed by atoms with Crippen molar-refractivity contribution < 1.29 is 5.11 Å². The minimum absolute atomic E-state index is 2.63. The second kappa shape index (κ2) is 6.80. The molecule has 0 atom stereocenters. The van der Waals surface area contributed by atoms with Crippen LogP contribution in [0.2, 0.25) is 0 Å². The predicted octanol–water partition coefficient (Wildman–Crippen LogP) is 7.18. The van der Waals surface area contributed by atoms with Crippen molar-refractivity contribution in [3.63, 3.8) is 0 Å². The van der Waals surface area contributed by atoms with Crippen LogP contribution in [0.4, 0.5) is 0 Å². The van der Waals surface area contributed by atoms with Crippen molar-refractivity contribution in [1.29, 1.82) is 0 Å². The third-order valence-electron chi connectivity index (χ3n) is 1.99. The second-order valence-electron chi connectivity index (χ2n) is 3.34. The zero-order chi connectivity index (χ0) is 17.0. The van der Waals surface area contributed by atoms with Crippen LogP contribution in [0.25, 0.3) is 0 Å². The first-order valence-electron chi connectivity index (χ1n) is 3.93. The number of hydrogen-bond donors (Lipinski definition) is 1. The van der Waals surface area contributed by atoms with E-state index in [2.05, 4.69) is 0 Å². The summed E-state index contributed by atoms with van der Waals surface area (Å²) in [6.45, 7) is 0. The number of rotatable bonds is 3. The summed E-state index contributed by atoms with van der Waals surface area (Å²) in [5, 5.41) is 9.56. The van der Waals surface area contributed by atoms with Crippen molar-refractivity contribution in [2.45, 2.75) is 25.6 Å². The lowest BCUT2D eigenvalue weighted by molar-refractivity contribution is 0.178. The molecule has 1 nitrogen and oxygen atoms in total. The fraction of sp³-hybridized carbons (Fsp3) is 1.00. The minimum Gasteiger partial charge on any atom is -0.360 e. The van der Waals surface area contributed by atoms with Crippen LogP contribution in [0.1, 0.15) is 0 Å². The third-order valence-corrected chi connectivity index (χ3v) is 8.90. The Hall–Kier alpha value is 3.73. The smallest absolute Gasteiger partial charge is 0.251 e. The molecule has 0 aromatic carbocycles. The lowest BCUT2D eigenvalue weighted by Crippen LogP contribution is -2.69. The first-order valence-corrected chi connectivity index (χ1v) is 8.84. The van der Waals surface area contributed by atoms with E-state index in [-0.39, 0.29) is 0 Å². The topological polar surface area (TPSA) is 20.2 Å². The highest BCUT2D eigenvalue weighted by atomic mass is 35.6. The monoisotopic (exact) mass is 544 g/mol. The van der Waals surface area contributed by atoms with Gasteiger partial charge in [0.05, 0.1) is 0 Å². The maximum atomic E-state index is 9.56. The number of halogens is 13. The Morgan fingerprint density at radius 2 is 0.700 bits per heavy atom. The summed E-state index contributed by atoms with van der Waals surface area (Å²) in [5.41, 5.74) is 0. The molecule has 0 bridgehead atoms. The second-order valence-corrected chi connectivity index (χ2v) is 12.4. The Morgan fingerprint density at radius 3 is 0.850 bits per heavy atom. The van der Waals surface area contributed by atoms with E-state index in [4.69, 9.17) is 151 Å². The molecule has 0 fully saturated rings. The van der Waals surface area contributed by atoms with Crippen LogP contribution >= 0.6 is 151 Å². The van der Waals surface area contributed by atoms with Crippen LogP contribution < -0.4 is 0 Å². The molecule has 20 heavy (non-hydrogen) atoms. The van der Waals surface area contributed by atoms with Crippen molar-refractivity contribution in [2.24, 2.45) is 0 Å². The van der Waals surface area contributed by atoms with Gasteiger partial charge in [-0.05, 0) is 0 Å². The lowest BCUT2D eigenvalue weighted by atomic mass is 10.0. The molecular weight excluding hydrogens is 549 g/mol. The number of alkyl halides is 13.